The zero-order chi connectivity index (χ0) is 13.2. The number of benzene rings is 2. The van der Waals surface area contributed by atoms with Gasteiger partial charge in [-0.2, -0.15) is 0 Å². The Labute approximate surface area is 105 Å². The smallest absolute Gasteiger partial charge is 0.182 e. The van der Waals surface area contributed by atoms with Gasteiger partial charge in [0.15, 0.2) is 9.84 Å². The quantitative estimate of drug-likeness (QED) is 0.890. The Bertz CT molecular complexity index is 648. The fraction of sp³-hybridized carbons (Fsp3) is 0.0769. The summed E-state index contributed by atoms with van der Waals surface area (Å²) in [6.07, 6.45) is 0. The van der Waals surface area contributed by atoms with Gasteiger partial charge in [0.25, 0.3) is 0 Å². The Hall–Kier alpha value is -2.01. The Balaban J connectivity index is 2.34. The van der Waals surface area contributed by atoms with Gasteiger partial charge in [0.2, 0.25) is 0 Å². The lowest BCUT2D eigenvalue weighted by Crippen LogP contribution is -2.04. The van der Waals surface area contributed by atoms with Gasteiger partial charge in [-0.3, -0.25) is 0 Å². The lowest BCUT2D eigenvalue weighted by atomic mass is 10.2. The summed E-state index contributed by atoms with van der Waals surface area (Å²) < 4.78 is 24.1. The lowest BCUT2D eigenvalue weighted by Gasteiger charge is -2.06. The number of phenolic OH excluding ortho intramolecular Hbond substituents is 2. The zero-order valence-corrected chi connectivity index (χ0v) is 10.3. The van der Waals surface area contributed by atoms with Gasteiger partial charge in [0.1, 0.15) is 11.5 Å². The highest BCUT2D eigenvalue weighted by atomic mass is 32.2. The molecule has 0 bridgehead atoms. The van der Waals surface area contributed by atoms with Crippen LogP contribution in [0.25, 0.3) is 0 Å². The van der Waals surface area contributed by atoms with Gasteiger partial charge in [-0.15, -0.1) is 0 Å². The molecule has 2 rings (SSSR count). The Kier molecular flexibility index (Phi) is 3.25. The van der Waals surface area contributed by atoms with Gasteiger partial charge >= 0.3 is 0 Å². The molecule has 2 aromatic rings. The van der Waals surface area contributed by atoms with Crippen LogP contribution in [0.5, 0.6) is 11.5 Å². The predicted molar refractivity (Wildman–Crippen MR) is 67.1 cm³/mol. The lowest BCUT2D eigenvalue weighted by molar-refractivity contribution is 0.447. The van der Waals surface area contributed by atoms with Gasteiger partial charge < -0.3 is 10.2 Å². The molecule has 18 heavy (non-hydrogen) atoms. The molecule has 0 heterocycles. The summed E-state index contributed by atoms with van der Waals surface area (Å²) in [5.41, 5.74) is 0.261. The van der Waals surface area contributed by atoms with E-state index in [0.29, 0.717) is 0 Å². The van der Waals surface area contributed by atoms with Crippen molar-refractivity contribution in [3.05, 3.63) is 54.1 Å². The number of hydrogen-bond donors (Lipinski definition) is 2. The first kappa shape index (κ1) is 12.4. The van der Waals surface area contributed by atoms with Crippen molar-refractivity contribution in [2.24, 2.45) is 0 Å². The van der Waals surface area contributed by atoms with Gasteiger partial charge in [-0.25, -0.2) is 8.42 Å². The summed E-state index contributed by atoms with van der Waals surface area (Å²) in [4.78, 5) is 0.206. The molecule has 0 radical (unpaired) electrons. The van der Waals surface area contributed by atoms with Crippen LogP contribution in [-0.2, 0) is 15.6 Å². The molecule has 0 aromatic heterocycles. The van der Waals surface area contributed by atoms with Crippen LogP contribution in [0.4, 0.5) is 0 Å². The van der Waals surface area contributed by atoms with Crippen molar-refractivity contribution in [2.45, 2.75) is 10.6 Å². The van der Waals surface area contributed by atoms with Crippen molar-refractivity contribution >= 4 is 9.84 Å². The van der Waals surface area contributed by atoms with Crippen molar-refractivity contribution in [1.29, 1.82) is 0 Å². The van der Waals surface area contributed by atoms with E-state index < -0.39 is 9.84 Å². The molecule has 4 nitrogen and oxygen atoms in total. The highest BCUT2D eigenvalue weighted by Gasteiger charge is 2.17. The van der Waals surface area contributed by atoms with E-state index in [4.69, 9.17) is 5.11 Å². The maximum absolute atomic E-state index is 12.1. The van der Waals surface area contributed by atoms with E-state index >= 15 is 0 Å². The summed E-state index contributed by atoms with van der Waals surface area (Å²) >= 11 is 0. The highest BCUT2D eigenvalue weighted by Crippen LogP contribution is 2.26. The van der Waals surface area contributed by atoms with Crippen LogP contribution in [0, 0.1) is 0 Å². The molecule has 0 spiro atoms. The first-order chi connectivity index (χ1) is 8.49. The number of phenols is 2. The molecule has 2 N–H and O–H groups in total. The summed E-state index contributed by atoms with van der Waals surface area (Å²) in [6, 6.07) is 11.9. The first-order valence-corrected chi connectivity index (χ1v) is 6.93. The number of aromatic hydroxyl groups is 2. The van der Waals surface area contributed by atoms with Gasteiger partial charge in [-0.1, -0.05) is 24.3 Å². The minimum Gasteiger partial charge on any atom is -0.508 e. The van der Waals surface area contributed by atoms with E-state index in [-0.39, 0.29) is 27.7 Å². The van der Waals surface area contributed by atoms with E-state index in [1.165, 1.54) is 24.3 Å². The minimum atomic E-state index is -3.49. The third-order valence-electron chi connectivity index (χ3n) is 2.52. The molecule has 5 heteroatoms. The topological polar surface area (TPSA) is 74.6 Å². The van der Waals surface area contributed by atoms with Gasteiger partial charge in [-0.05, 0) is 18.2 Å². The Morgan fingerprint density at radius 3 is 2.22 bits per heavy atom. The molecule has 0 saturated carbocycles. The molecular weight excluding hydrogens is 252 g/mol. The molecule has 0 amide bonds. The summed E-state index contributed by atoms with van der Waals surface area (Å²) in [5.74, 6) is -0.633. The summed E-state index contributed by atoms with van der Waals surface area (Å²) in [7, 11) is -3.49. The maximum Gasteiger partial charge on any atom is 0.182 e. The van der Waals surface area contributed by atoms with Crippen LogP contribution in [0.15, 0.2) is 53.4 Å². The highest BCUT2D eigenvalue weighted by molar-refractivity contribution is 7.90. The second kappa shape index (κ2) is 4.70. The molecule has 0 saturated heterocycles. The van der Waals surface area contributed by atoms with E-state index in [0.717, 1.165) is 6.07 Å². The number of hydrogen-bond acceptors (Lipinski definition) is 4. The molecule has 2 aromatic carbocycles. The number of rotatable bonds is 3. The molecule has 0 unspecified atom stereocenters. The monoisotopic (exact) mass is 264 g/mol. The second-order valence-corrected chi connectivity index (χ2v) is 5.87. The fourth-order valence-corrected chi connectivity index (χ4v) is 2.98. The van der Waals surface area contributed by atoms with Crippen LogP contribution in [-0.4, -0.2) is 18.6 Å². The molecule has 0 aliphatic carbocycles. The molecule has 0 aliphatic heterocycles. The predicted octanol–water partition coefficient (Wildman–Crippen LogP) is 2.07. The SMILES string of the molecule is O=S(=O)(Cc1ccc(O)cc1O)c1ccccc1. The van der Waals surface area contributed by atoms with Crippen molar-refractivity contribution in [2.75, 3.05) is 0 Å². The normalized spacial score (nSPS) is 11.3. The molecule has 94 valence electrons. The third-order valence-corrected chi connectivity index (χ3v) is 4.20. The van der Waals surface area contributed by atoms with E-state index in [1.807, 2.05) is 0 Å². The zero-order valence-electron chi connectivity index (χ0n) is 9.45. The third kappa shape index (κ3) is 2.62. The largest absolute Gasteiger partial charge is 0.508 e. The van der Waals surface area contributed by atoms with Crippen LogP contribution < -0.4 is 0 Å². The van der Waals surface area contributed by atoms with E-state index in [9.17, 15) is 13.5 Å². The van der Waals surface area contributed by atoms with E-state index in [1.54, 1.807) is 18.2 Å². The Morgan fingerprint density at radius 2 is 1.61 bits per heavy atom. The maximum atomic E-state index is 12.1. The number of sulfone groups is 1. The average Bonchev–Trinajstić information content (AvgIpc) is 2.34. The van der Waals surface area contributed by atoms with Crippen molar-refractivity contribution in [1.82, 2.24) is 0 Å². The molecule has 0 fully saturated rings. The Morgan fingerprint density at radius 1 is 0.944 bits per heavy atom. The first-order valence-electron chi connectivity index (χ1n) is 5.28. The van der Waals surface area contributed by atoms with Crippen molar-refractivity contribution in [3.63, 3.8) is 0 Å². The fourth-order valence-electron chi connectivity index (χ4n) is 1.59. The van der Waals surface area contributed by atoms with Gasteiger partial charge in [0, 0.05) is 11.6 Å². The standard InChI is InChI=1S/C13H12O4S/c14-11-7-6-10(13(15)8-11)9-18(16,17)12-4-2-1-3-5-12/h1-8,14-15H,9H2. The van der Waals surface area contributed by atoms with Crippen LogP contribution in [0.1, 0.15) is 5.56 Å². The average molecular weight is 264 g/mol. The summed E-state index contributed by atoms with van der Waals surface area (Å²) in [5, 5.41) is 18.7. The van der Waals surface area contributed by atoms with Gasteiger partial charge in [0.05, 0.1) is 10.6 Å². The van der Waals surface area contributed by atoms with Crippen LogP contribution in [0.2, 0.25) is 0 Å². The van der Waals surface area contributed by atoms with E-state index in [2.05, 4.69) is 0 Å². The molecule has 0 atom stereocenters. The minimum absolute atomic E-state index is 0.103. The second-order valence-electron chi connectivity index (χ2n) is 3.89. The van der Waals surface area contributed by atoms with Crippen LogP contribution >= 0.6 is 0 Å². The van der Waals surface area contributed by atoms with Crippen LogP contribution in [0.3, 0.4) is 0 Å². The van der Waals surface area contributed by atoms with Crippen molar-refractivity contribution < 1.29 is 18.6 Å². The van der Waals surface area contributed by atoms with Crippen molar-refractivity contribution in [3.8, 4) is 11.5 Å². The molecule has 0 aliphatic rings. The molecular formula is C13H12O4S. The summed E-state index contributed by atoms with van der Waals surface area (Å²) in [6.45, 7) is 0.